The van der Waals surface area contributed by atoms with E-state index in [0.717, 1.165) is 5.69 Å². The molecule has 0 aliphatic rings. The molecular weight excluding hydrogens is 335 g/mol. The maximum atomic E-state index is 13.9. The summed E-state index contributed by atoms with van der Waals surface area (Å²) >= 11 is 0. The van der Waals surface area contributed by atoms with E-state index < -0.39 is 29.1 Å². The Labute approximate surface area is 140 Å². The fourth-order valence-corrected chi connectivity index (χ4v) is 2.33. The van der Waals surface area contributed by atoms with Gasteiger partial charge in [0.15, 0.2) is 11.6 Å². The maximum absolute atomic E-state index is 13.9. The Morgan fingerprint density at radius 2 is 1.68 bits per heavy atom. The SMILES string of the molecule is Cc1cc(Nc2cc(C)[nH]n2)nc(C(O)c2c(F)cc(F)cc2F)n1. The highest BCUT2D eigenvalue weighted by atomic mass is 19.1. The number of nitrogens with zero attached hydrogens (tertiary/aromatic N) is 3. The van der Waals surface area contributed by atoms with E-state index in [2.05, 4.69) is 25.5 Å². The van der Waals surface area contributed by atoms with Gasteiger partial charge in [0.25, 0.3) is 0 Å². The van der Waals surface area contributed by atoms with Gasteiger partial charge in [-0.15, -0.1) is 0 Å². The number of benzene rings is 1. The molecule has 0 fully saturated rings. The molecule has 1 aromatic carbocycles. The first-order valence-electron chi connectivity index (χ1n) is 7.30. The Kier molecular flexibility index (Phi) is 4.41. The summed E-state index contributed by atoms with van der Waals surface area (Å²) in [5.74, 6) is -2.96. The second-order valence-electron chi connectivity index (χ2n) is 5.50. The number of aliphatic hydroxyl groups excluding tert-OH is 1. The number of hydrogen-bond donors (Lipinski definition) is 3. The number of aryl methyl sites for hydroxylation is 2. The summed E-state index contributed by atoms with van der Waals surface area (Å²) < 4.78 is 40.8. The third-order valence-corrected chi connectivity index (χ3v) is 3.40. The minimum Gasteiger partial charge on any atom is -0.380 e. The fourth-order valence-electron chi connectivity index (χ4n) is 2.33. The van der Waals surface area contributed by atoms with Gasteiger partial charge >= 0.3 is 0 Å². The van der Waals surface area contributed by atoms with Gasteiger partial charge in [0.1, 0.15) is 29.4 Å². The third kappa shape index (κ3) is 3.61. The molecule has 3 N–H and O–H groups in total. The van der Waals surface area contributed by atoms with Crippen molar-refractivity contribution in [2.75, 3.05) is 5.32 Å². The molecule has 1 atom stereocenters. The number of nitrogens with one attached hydrogen (secondary N) is 2. The highest BCUT2D eigenvalue weighted by molar-refractivity contribution is 5.52. The van der Waals surface area contributed by atoms with E-state index in [1.165, 1.54) is 0 Å². The number of aromatic nitrogens is 4. The van der Waals surface area contributed by atoms with E-state index in [1.807, 2.05) is 6.92 Å². The summed E-state index contributed by atoms with van der Waals surface area (Å²) in [5, 5.41) is 19.9. The molecule has 0 aliphatic carbocycles. The average molecular weight is 349 g/mol. The molecule has 2 aromatic heterocycles. The molecule has 0 saturated carbocycles. The van der Waals surface area contributed by atoms with Gasteiger partial charge in [-0.1, -0.05) is 0 Å². The highest BCUT2D eigenvalue weighted by Gasteiger charge is 2.24. The first kappa shape index (κ1) is 16.9. The molecule has 0 bridgehead atoms. The molecule has 2 heterocycles. The Hall–Kier alpha value is -2.94. The minimum absolute atomic E-state index is 0.223. The number of rotatable bonds is 4. The summed E-state index contributed by atoms with van der Waals surface area (Å²) in [4.78, 5) is 8.07. The predicted molar refractivity (Wildman–Crippen MR) is 83.8 cm³/mol. The molecule has 0 spiro atoms. The second kappa shape index (κ2) is 6.52. The van der Waals surface area contributed by atoms with Gasteiger partial charge in [-0.05, 0) is 13.8 Å². The van der Waals surface area contributed by atoms with Crippen LogP contribution in [0.3, 0.4) is 0 Å². The van der Waals surface area contributed by atoms with E-state index >= 15 is 0 Å². The van der Waals surface area contributed by atoms with E-state index in [1.54, 1.807) is 19.1 Å². The zero-order valence-electron chi connectivity index (χ0n) is 13.3. The second-order valence-corrected chi connectivity index (χ2v) is 5.50. The lowest BCUT2D eigenvalue weighted by Crippen LogP contribution is -2.12. The molecule has 1 unspecified atom stereocenters. The van der Waals surface area contributed by atoms with Crippen LogP contribution < -0.4 is 5.32 Å². The van der Waals surface area contributed by atoms with E-state index in [4.69, 9.17) is 0 Å². The first-order chi connectivity index (χ1) is 11.8. The monoisotopic (exact) mass is 349 g/mol. The Balaban J connectivity index is 1.97. The van der Waals surface area contributed by atoms with Gasteiger partial charge in [0, 0.05) is 35.7 Å². The van der Waals surface area contributed by atoms with Crippen molar-refractivity contribution in [1.82, 2.24) is 20.2 Å². The topological polar surface area (TPSA) is 86.7 Å². The van der Waals surface area contributed by atoms with Gasteiger partial charge < -0.3 is 10.4 Å². The Bertz CT molecular complexity index is 905. The van der Waals surface area contributed by atoms with E-state index in [9.17, 15) is 18.3 Å². The van der Waals surface area contributed by atoms with Crippen molar-refractivity contribution in [3.63, 3.8) is 0 Å². The summed E-state index contributed by atoms with van der Waals surface area (Å²) in [5.41, 5.74) is 0.569. The molecule has 0 saturated heterocycles. The highest BCUT2D eigenvalue weighted by Crippen LogP contribution is 2.27. The number of aliphatic hydroxyl groups is 1. The van der Waals surface area contributed by atoms with Crippen molar-refractivity contribution in [2.45, 2.75) is 20.0 Å². The smallest absolute Gasteiger partial charge is 0.164 e. The van der Waals surface area contributed by atoms with E-state index in [0.29, 0.717) is 23.6 Å². The van der Waals surface area contributed by atoms with Crippen molar-refractivity contribution in [2.24, 2.45) is 0 Å². The van der Waals surface area contributed by atoms with Crippen LogP contribution in [0.15, 0.2) is 24.3 Å². The van der Waals surface area contributed by atoms with E-state index in [-0.39, 0.29) is 11.6 Å². The Morgan fingerprint density at radius 3 is 2.28 bits per heavy atom. The number of H-pyrrole nitrogens is 1. The van der Waals surface area contributed by atoms with Gasteiger partial charge in [0.05, 0.1) is 5.56 Å². The van der Waals surface area contributed by atoms with Crippen molar-refractivity contribution in [1.29, 1.82) is 0 Å². The van der Waals surface area contributed by atoms with Crippen LogP contribution in [0.1, 0.15) is 28.9 Å². The lowest BCUT2D eigenvalue weighted by atomic mass is 10.1. The molecule has 0 aliphatic heterocycles. The number of anilines is 2. The first-order valence-corrected chi connectivity index (χ1v) is 7.30. The fraction of sp³-hybridized carbons (Fsp3) is 0.188. The normalized spacial score (nSPS) is 12.2. The van der Waals surface area contributed by atoms with Crippen LogP contribution in [-0.2, 0) is 0 Å². The number of aromatic amines is 1. The molecule has 9 heteroatoms. The maximum Gasteiger partial charge on any atom is 0.164 e. The molecule has 0 amide bonds. The van der Waals surface area contributed by atoms with Gasteiger partial charge in [-0.3, -0.25) is 5.10 Å². The van der Waals surface area contributed by atoms with Crippen LogP contribution >= 0.6 is 0 Å². The summed E-state index contributed by atoms with van der Waals surface area (Å²) in [6, 6.07) is 4.29. The molecular formula is C16H14F3N5O. The van der Waals surface area contributed by atoms with Crippen LogP contribution in [0.4, 0.5) is 24.8 Å². The Morgan fingerprint density at radius 1 is 1.00 bits per heavy atom. The zero-order valence-corrected chi connectivity index (χ0v) is 13.3. The van der Waals surface area contributed by atoms with Gasteiger partial charge in [-0.25, -0.2) is 23.1 Å². The van der Waals surface area contributed by atoms with Crippen LogP contribution in [-0.4, -0.2) is 25.3 Å². The van der Waals surface area contributed by atoms with Gasteiger partial charge in [-0.2, -0.15) is 5.10 Å². The summed E-state index contributed by atoms with van der Waals surface area (Å²) in [6.07, 6.45) is -1.79. The molecule has 25 heavy (non-hydrogen) atoms. The number of halogens is 3. The molecule has 130 valence electrons. The van der Waals surface area contributed by atoms with Gasteiger partial charge in [0.2, 0.25) is 0 Å². The van der Waals surface area contributed by atoms with Crippen LogP contribution in [0.5, 0.6) is 0 Å². The summed E-state index contributed by atoms with van der Waals surface area (Å²) in [6.45, 7) is 3.45. The molecule has 6 nitrogen and oxygen atoms in total. The lowest BCUT2D eigenvalue weighted by molar-refractivity contribution is 0.198. The third-order valence-electron chi connectivity index (χ3n) is 3.40. The van der Waals surface area contributed by atoms with Crippen LogP contribution in [0.25, 0.3) is 0 Å². The van der Waals surface area contributed by atoms with Crippen LogP contribution in [0, 0.1) is 31.3 Å². The predicted octanol–water partition coefficient (Wildman–Crippen LogP) is 3.06. The standard InChI is InChI=1S/C16H14F3N5O/c1-7-3-12(21-13-4-8(2)23-24-13)22-16(20-7)15(25)14-10(18)5-9(17)6-11(14)19/h3-6,15,25H,1-2H3,(H2,20,21,22,23,24). The molecule has 3 aromatic rings. The quantitative estimate of drug-likeness (QED) is 0.674. The largest absolute Gasteiger partial charge is 0.380 e. The minimum atomic E-state index is -1.79. The zero-order chi connectivity index (χ0) is 18.1. The average Bonchev–Trinajstić information content (AvgIpc) is 2.90. The summed E-state index contributed by atoms with van der Waals surface area (Å²) in [7, 11) is 0. The van der Waals surface area contributed by atoms with Crippen LogP contribution in [0.2, 0.25) is 0 Å². The van der Waals surface area contributed by atoms with Crippen molar-refractivity contribution in [3.05, 3.63) is 64.5 Å². The number of hydrogen-bond acceptors (Lipinski definition) is 5. The lowest BCUT2D eigenvalue weighted by Gasteiger charge is -2.14. The molecule has 0 radical (unpaired) electrons. The molecule has 3 rings (SSSR count). The van der Waals surface area contributed by atoms with Crippen molar-refractivity contribution >= 4 is 11.6 Å². The van der Waals surface area contributed by atoms with Crippen molar-refractivity contribution in [3.8, 4) is 0 Å². The van der Waals surface area contributed by atoms with Crippen molar-refractivity contribution < 1.29 is 18.3 Å².